The van der Waals surface area contributed by atoms with E-state index in [9.17, 15) is 15.3 Å². The first kappa shape index (κ1) is 59.5. The highest BCUT2D eigenvalue weighted by molar-refractivity contribution is 5.92. The molecule has 0 aliphatic carbocycles. The van der Waals surface area contributed by atoms with Gasteiger partial charge in [0.1, 0.15) is 49.4 Å². The molecule has 3 N–H and O–H groups in total. The fourth-order valence-corrected chi connectivity index (χ4v) is 11.5. The minimum Gasteiger partial charge on any atom is -0.491 e. The number of methoxy groups -OCH3 is 1. The molecule has 0 unspecified atom stereocenters. The van der Waals surface area contributed by atoms with E-state index in [0.717, 1.165) is 95.0 Å². The van der Waals surface area contributed by atoms with Gasteiger partial charge in [0.25, 0.3) is 0 Å². The molecule has 0 radical (unpaired) electrons. The highest BCUT2D eigenvalue weighted by Gasteiger charge is 2.28. The van der Waals surface area contributed by atoms with Crippen LogP contribution in [-0.4, -0.2) is 75.3 Å². The van der Waals surface area contributed by atoms with Gasteiger partial charge in [-0.3, -0.25) is 0 Å². The zero-order chi connectivity index (χ0) is 60.3. The highest BCUT2D eigenvalue weighted by Crippen LogP contribution is 2.45. The quantitative estimate of drug-likeness (QED) is 0.0611. The number of ether oxygens (including phenoxy) is 5. The fourth-order valence-electron chi connectivity index (χ4n) is 11.5. The van der Waals surface area contributed by atoms with Crippen LogP contribution in [0.25, 0.3) is 87.6 Å². The maximum atomic E-state index is 9.49. The Kier molecular flexibility index (Phi) is 18.4. The van der Waals surface area contributed by atoms with E-state index in [1.54, 1.807) is 7.11 Å². The molecule has 0 saturated carbocycles. The van der Waals surface area contributed by atoms with E-state index in [2.05, 4.69) is 240 Å². The summed E-state index contributed by atoms with van der Waals surface area (Å²) in [4.78, 5) is 0. The van der Waals surface area contributed by atoms with E-state index in [1.165, 1.54) is 37.9 Å². The molecule has 0 aliphatic heterocycles. The Bertz CT molecular complexity index is 4210. The Morgan fingerprint density at radius 1 is 0.264 bits per heavy atom. The van der Waals surface area contributed by atoms with Crippen molar-refractivity contribution < 1.29 is 39.0 Å². The van der Waals surface area contributed by atoms with E-state index in [-0.39, 0.29) is 50.5 Å². The molecule has 0 aliphatic rings. The van der Waals surface area contributed by atoms with Crippen molar-refractivity contribution in [2.45, 2.75) is 38.5 Å². The molecule has 8 nitrogen and oxygen atoms in total. The smallest absolute Gasteiger partial charge is 0.127 e. The summed E-state index contributed by atoms with van der Waals surface area (Å²) in [7, 11) is 1.69. The number of aliphatic hydroxyl groups excluding tert-OH is 3. The molecule has 87 heavy (non-hydrogen) atoms. The van der Waals surface area contributed by atoms with E-state index < -0.39 is 0 Å². The molecule has 0 heterocycles. The van der Waals surface area contributed by atoms with Crippen LogP contribution in [0.1, 0.15) is 49.9 Å². The summed E-state index contributed by atoms with van der Waals surface area (Å²) in [5.41, 5.74) is 12.3. The third-order valence-corrected chi connectivity index (χ3v) is 16.6. The number of hydrogen-bond acceptors (Lipinski definition) is 8. The van der Waals surface area contributed by atoms with Crippen LogP contribution in [0.3, 0.4) is 0 Å². The van der Waals surface area contributed by atoms with Gasteiger partial charge in [-0.1, -0.05) is 198 Å². The Balaban J connectivity index is 0.000000180. The van der Waals surface area contributed by atoms with Crippen molar-refractivity contribution in [1.82, 2.24) is 0 Å². The van der Waals surface area contributed by atoms with Crippen molar-refractivity contribution >= 4 is 43.1 Å². The molecule has 8 heteroatoms. The predicted molar refractivity (Wildman–Crippen MR) is 357 cm³/mol. The van der Waals surface area contributed by atoms with Crippen LogP contribution in [0, 0.1) is 0 Å². The van der Waals surface area contributed by atoms with Crippen LogP contribution in [0.5, 0.6) is 23.0 Å². The molecule has 0 amide bonds. The molecule has 12 rings (SSSR count). The van der Waals surface area contributed by atoms with Gasteiger partial charge in [-0.2, -0.15) is 0 Å². The second-order valence-electron chi connectivity index (χ2n) is 22.9. The maximum absolute atomic E-state index is 9.49. The molecule has 0 atom stereocenters. The van der Waals surface area contributed by atoms with Crippen molar-refractivity contribution in [3.8, 4) is 67.5 Å². The van der Waals surface area contributed by atoms with E-state index in [1.807, 2.05) is 30.3 Å². The molecule has 0 bridgehead atoms. The maximum Gasteiger partial charge on any atom is 0.127 e. The minimum absolute atomic E-state index is 0.0409. The van der Waals surface area contributed by atoms with Crippen LogP contribution < -0.4 is 18.9 Å². The topological polar surface area (TPSA) is 107 Å². The van der Waals surface area contributed by atoms with Gasteiger partial charge >= 0.3 is 0 Å². The lowest BCUT2D eigenvalue weighted by Gasteiger charge is -2.28. The third kappa shape index (κ3) is 13.3. The first-order valence-corrected chi connectivity index (χ1v) is 29.8. The summed E-state index contributed by atoms with van der Waals surface area (Å²) in [5, 5.41) is 37.9. The van der Waals surface area contributed by atoms with Crippen LogP contribution in [0.15, 0.2) is 243 Å². The summed E-state index contributed by atoms with van der Waals surface area (Å²) in [6.07, 6.45) is 0. The Hall–Kier alpha value is -9.28. The van der Waals surface area contributed by atoms with Gasteiger partial charge in [0.05, 0.1) is 26.4 Å². The molecule has 12 aromatic rings. The van der Waals surface area contributed by atoms with Crippen molar-refractivity contribution in [3.63, 3.8) is 0 Å². The summed E-state index contributed by atoms with van der Waals surface area (Å²) in [6.45, 7) is 10.5. The average molecular weight is 1150 g/mol. The molecule has 0 spiro atoms. The number of hydrogen-bond donors (Lipinski definition) is 3. The predicted octanol–water partition coefficient (Wildman–Crippen LogP) is 17.4. The summed E-state index contributed by atoms with van der Waals surface area (Å²) in [6, 6.07) is 85.0. The lowest BCUT2D eigenvalue weighted by atomic mass is 9.76. The Morgan fingerprint density at radius 2 is 0.506 bits per heavy atom. The highest BCUT2D eigenvalue weighted by atomic mass is 16.5. The van der Waals surface area contributed by atoms with Crippen LogP contribution in [-0.2, 0) is 15.6 Å². The van der Waals surface area contributed by atoms with Crippen molar-refractivity contribution in [2.75, 3.05) is 60.0 Å². The molecular weight excluding hydrogens is 1080 g/mol. The summed E-state index contributed by atoms with van der Waals surface area (Å²) < 4.78 is 29.5. The zero-order valence-corrected chi connectivity index (χ0v) is 50.1. The molecule has 0 aromatic heterocycles. The first-order chi connectivity index (χ1) is 42.4. The van der Waals surface area contributed by atoms with Gasteiger partial charge in [0.2, 0.25) is 0 Å². The number of fused-ring (bicyclic) bond motifs is 4. The normalized spacial score (nSPS) is 11.6. The van der Waals surface area contributed by atoms with Crippen molar-refractivity contribution in [1.29, 1.82) is 0 Å². The molecule has 438 valence electrons. The molecule has 0 saturated heterocycles. The number of rotatable bonds is 21. The zero-order valence-electron chi connectivity index (χ0n) is 50.1. The van der Waals surface area contributed by atoms with Gasteiger partial charge in [-0.05, 0) is 160 Å². The van der Waals surface area contributed by atoms with Crippen molar-refractivity contribution in [3.05, 3.63) is 265 Å². The van der Waals surface area contributed by atoms with Crippen molar-refractivity contribution in [2.24, 2.45) is 0 Å². The van der Waals surface area contributed by atoms with Crippen LogP contribution >= 0.6 is 0 Å². The standard InChI is InChI=1S/C40H38O4.C39H36O4/c1-40(2,34-16-18-38(43-21-20-41)36(26-34)32-14-12-28-8-4-6-10-30(28)24-32)35-17-19-39(44-23-22-42-3)37(27-35)33-15-13-29-9-5-7-11-31(29)25-33;1-39(2,33-15-17-37(42-21-19-40)35(25-33)31-13-11-27-7-3-5-9-29(27)23-31)34-16-18-38(43-22-20-41)36(26-34)32-14-12-28-8-4-6-10-30(28)24-32/h4-19,24-27,41H,20-23H2,1-3H3;3-18,23-26,40-41H,19-22H2,1-2H3. The summed E-state index contributed by atoms with van der Waals surface area (Å²) >= 11 is 0. The van der Waals surface area contributed by atoms with Gasteiger partial charge in [0, 0.05) is 40.2 Å². The van der Waals surface area contributed by atoms with E-state index in [0.29, 0.717) is 13.2 Å². The molecule has 0 fully saturated rings. The van der Waals surface area contributed by atoms with Crippen LogP contribution in [0.4, 0.5) is 0 Å². The Labute approximate surface area is 510 Å². The number of aliphatic hydroxyl groups is 3. The molecule has 12 aromatic carbocycles. The van der Waals surface area contributed by atoms with Gasteiger partial charge in [0.15, 0.2) is 0 Å². The lowest BCUT2D eigenvalue weighted by Crippen LogP contribution is -2.19. The third-order valence-electron chi connectivity index (χ3n) is 16.6. The van der Waals surface area contributed by atoms with Gasteiger partial charge < -0.3 is 39.0 Å². The lowest BCUT2D eigenvalue weighted by molar-refractivity contribution is 0.146. The second kappa shape index (κ2) is 27.0. The van der Waals surface area contributed by atoms with Gasteiger partial charge in [-0.25, -0.2) is 0 Å². The first-order valence-electron chi connectivity index (χ1n) is 29.8. The Morgan fingerprint density at radius 3 is 0.747 bits per heavy atom. The molecular formula is C79H74O8. The van der Waals surface area contributed by atoms with Gasteiger partial charge in [-0.15, -0.1) is 0 Å². The summed E-state index contributed by atoms with van der Waals surface area (Å²) in [5.74, 6) is 3.08. The van der Waals surface area contributed by atoms with E-state index >= 15 is 0 Å². The monoisotopic (exact) mass is 1150 g/mol. The largest absolute Gasteiger partial charge is 0.491 e. The fraction of sp³-hybridized carbons (Fsp3) is 0.190. The second-order valence-corrected chi connectivity index (χ2v) is 22.9. The average Bonchev–Trinajstić information content (AvgIpc) is 1.50. The minimum atomic E-state index is -0.359. The number of benzene rings is 12. The van der Waals surface area contributed by atoms with Crippen LogP contribution in [0.2, 0.25) is 0 Å². The SMILES string of the molecule is CC(C)(c1ccc(OCCO)c(-c2ccc3ccccc3c2)c1)c1ccc(OCCO)c(-c2ccc3ccccc3c2)c1.COCCOc1ccc(C(C)(C)c2ccc(OCCO)c(-c3ccc4ccccc4c3)c2)cc1-c1ccc2ccccc2c1. The van der Waals surface area contributed by atoms with E-state index in [4.69, 9.17) is 23.7 Å².